The van der Waals surface area contributed by atoms with Gasteiger partial charge in [0.25, 0.3) is 0 Å². The summed E-state index contributed by atoms with van der Waals surface area (Å²) in [6.45, 7) is 5.98. The van der Waals surface area contributed by atoms with Gasteiger partial charge >= 0.3 is 11.9 Å². The molecule has 0 heterocycles. The normalized spacial score (nSPS) is 19.6. The molecule has 1 saturated carbocycles. The van der Waals surface area contributed by atoms with Crippen LogP contribution < -0.4 is 0 Å². The molecule has 1 aliphatic carbocycles. The van der Waals surface area contributed by atoms with Crippen LogP contribution in [-0.4, -0.2) is 23.7 Å². The number of aliphatic carboxylic acids is 1. The van der Waals surface area contributed by atoms with Gasteiger partial charge in [-0.2, -0.15) is 0 Å². The first-order valence-corrected chi connectivity index (χ1v) is 7.81. The average Bonchev–Trinajstić information content (AvgIpc) is 2.42. The van der Waals surface area contributed by atoms with Gasteiger partial charge in [-0.05, 0) is 18.3 Å². The fourth-order valence-electron chi connectivity index (χ4n) is 2.85. The first-order chi connectivity index (χ1) is 9.41. The van der Waals surface area contributed by atoms with Crippen molar-refractivity contribution in [2.24, 2.45) is 23.7 Å². The van der Waals surface area contributed by atoms with E-state index in [1.54, 1.807) is 6.92 Å². The smallest absolute Gasteiger partial charge is 0.309 e. The van der Waals surface area contributed by atoms with E-state index in [1.807, 2.05) is 13.8 Å². The van der Waals surface area contributed by atoms with Crippen molar-refractivity contribution < 1.29 is 19.4 Å². The maximum atomic E-state index is 11.9. The summed E-state index contributed by atoms with van der Waals surface area (Å²) in [5, 5.41) is 9.39. The maximum absolute atomic E-state index is 11.9. The summed E-state index contributed by atoms with van der Waals surface area (Å²) in [5.74, 6) is -1.70. The molecule has 0 aromatic carbocycles. The molecule has 0 amide bonds. The van der Waals surface area contributed by atoms with Crippen LogP contribution in [0.3, 0.4) is 0 Å². The zero-order valence-electron chi connectivity index (χ0n) is 12.9. The molecule has 1 aliphatic rings. The van der Waals surface area contributed by atoms with Crippen LogP contribution in [0.1, 0.15) is 59.3 Å². The van der Waals surface area contributed by atoms with Crippen molar-refractivity contribution in [2.75, 3.05) is 6.61 Å². The van der Waals surface area contributed by atoms with Crippen molar-refractivity contribution in [3.05, 3.63) is 0 Å². The number of hydrogen-bond acceptors (Lipinski definition) is 3. The highest BCUT2D eigenvalue weighted by molar-refractivity contribution is 5.80. The molecule has 20 heavy (non-hydrogen) atoms. The van der Waals surface area contributed by atoms with E-state index in [2.05, 4.69) is 0 Å². The largest absolute Gasteiger partial charge is 0.481 e. The Morgan fingerprint density at radius 2 is 1.75 bits per heavy atom. The van der Waals surface area contributed by atoms with E-state index in [0.29, 0.717) is 18.9 Å². The average molecular weight is 284 g/mol. The summed E-state index contributed by atoms with van der Waals surface area (Å²) in [7, 11) is 0. The zero-order valence-corrected chi connectivity index (χ0v) is 12.9. The second-order valence-electron chi connectivity index (χ2n) is 6.50. The van der Waals surface area contributed by atoms with Crippen LogP contribution in [-0.2, 0) is 14.3 Å². The Morgan fingerprint density at radius 1 is 1.15 bits per heavy atom. The molecule has 0 aliphatic heterocycles. The fourth-order valence-corrected chi connectivity index (χ4v) is 2.85. The van der Waals surface area contributed by atoms with Crippen molar-refractivity contribution in [3.8, 4) is 0 Å². The number of carboxylic acid groups (broad SMARTS) is 1. The zero-order chi connectivity index (χ0) is 15.1. The van der Waals surface area contributed by atoms with E-state index in [4.69, 9.17) is 4.74 Å². The van der Waals surface area contributed by atoms with Crippen LogP contribution in [0.4, 0.5) is 0 Å². The third kappa shape index (κ3) is 5.51. The molecule has 4 nitrogen and oxygen atoms in total. The van der Waals surface area contributed by atoms with Crippen LogP contribution in [0, 0.1) is 23.7 Å². The minimum atomic E-state index is -0.871. The van der Waals surface area contributed by atoms with Gasteiger partial charge in [0.2, 0.25) is 0 Å². The highest BCUT2D eigenvalue weighted by Crippen LogP contribution is 2.32. The lowest BCUT2D eigenvalue weighted by Crippen LogP contribution is -2.32. The molecule has 1 fully saturated rings. The highest BCUT2D eigenvalue weighted by Gasteiger charge is 2.33. The minimum Gasteiger partial charge on any atom is -0.481 e. The van der Waals surface area contributed by atoms with Gasteiger partial charge in [-0.1, -0.05) is 52.9 Å². The van der Waals surface area contributed by atoms with Crippen LogP contribution in [0.25, 0.3) is 0 Å². The molecule has 0 saturated heterocycles. The van der Waals surface area contributed by atoms with E-state index in [9.17, 15) is 14.7 Å². The van der Waals surface area contributed by atoms with Gasteiger partial charge in [-0.25, -0.2) is 0 Å². The van der Waals surface area contributed by atoms with Crippen molar-refractivity contribution >= 4 is 11.9 Å². The molecule has 0 bridgehead atoms. The molecule has 0 unspecified atom stereocenters. The minimum absolute atomic E-state index is 0.271. The van der Waals surface area contributed by atoms with Gasteiger partial charge < -0.3 is 9.84 Å². The number of carboxylic acids is 1. The standard InChI is InChI=1S/C16H28O4/c1-11(2)10-20-16(19)12(3)14(15(17)18)9-13-7-5-4-6-8-13/h11-14H,4-10H2,1-3H3,(H,17,18)/t12-,14+/m0/s1. The predicted molar refractivity (Wildman–Crippen MR) is 77.3 cm³/mol. The van der Waals surface area contributed by atoms with E-state index in [1.165, 1.54) is 19.3 Å². The third-order valence-electron chi connectivity index (χ3n) is 4.16. The number of esters is 1. The van der Waals surface area contributed by atoms with Crippen molar-refractivity contribution in [1.82, 2.24) is 0 Å². The predicted octanol–water partition coefficient (Wildman–Crippen LogP) is 3.49. The lowest BCUT2D eigenvalue weighted by Gasteiger charge is -2.27. The second-order valence-corrected chi connectivity index (χ2v) is 6.50. The molecular weight excluding hydrogens is 256 g/mol. The van der Waals surface area contributed by atoms with Crippen molar-refractivity contribution in [1.29, 1.82) is 0 Å². The van der Waals surface area contributed by atoms with Crippen LogP contribution in [0.15, 0.2) is 0 Å². The van der Waals surface area contributed by atoms with Crippen LogP contribution >= 0.6 is 0 Å². The van der Waals surface area contributed by atoms with E-state index in [-0.39, 0.29) is 11.9 Å². The van der Waals surface area contributed by atoms with E-state index < -0.39 is 17.8 Å². The van der Waals surface area contributed by atoms with Crippen molar-refractivity contribution in [3.63, 3.8) is 0 Å². The number of hydrogen-bond donors (Lipinski definition) is 1. The van der Waals surface area contributed by atoms with Gasteiger partial charge in [-0.3, -0.25) is 9.59 Å². The first kappa shape index (κ1) is 17.0. The number of ether oxygens (including phenoxy) is 1. The Morgan fingerprint density at radius 3 is 2.25 bits per heavy atom. The van der Waals surface area contributed by atoms with E-state index >= 15 is 0 Å². The van der Waals surface area contributed by atoms with Crippen LogP contribution in [0.5, 0.6) is 0 Å². The summed E-state index contributed by atoms with van der Waals surface area (Å²) in [5.41, 5.74) is 0. The molecule has 0 spiro atoms. The topological polar surface area (TPSA) is 63.6 Å². The summed E-state index contributed by atoms with van der Waals surface area (Å²) >= 11 is 0. The molecule has 0 aromatic rings. The van der Waals surface area contributed by atoms with Gasteiger partial charge in [-0.15, -0.1) is 0 Å². The summed E-state index contributed by atoms with van der Waals surface area (Å²) in [4.78, 5) is 23.4. The summed E-state index contributed by atoms with van der Waals surface area (Å²) in [6, 6.07) is 0. The Labute approximate surface area is 121 Å². The molecular formula is C16H28O4. The van der Waals surface area contributed by atoms with Gasteiger partial charge in [0.15, 0.2) is 0 Å². The van der Waals surface area contributed by atoms with Gasteiger partial charge in [0.05, 0.1) is 18.4 Å². The van der Waals surface area contributed by atoms with Crippen LogP contribution in [0.2, 0.25) is 0 Å². The molecule has 4 heteroatoms. The Bertz CT molecular complexity index is 318. The maximum Gasteiger partial charge on any atom is 0.309 e. The number of carbonyl (C=O) groups excluding carboxylic acids is 1. The number of carbonyl (C=O) groups is 2. The highest BCUT2D eigenvalue weighted by atomic mass is 16.5. The molecule has 1 rings (SSSR count). The molecule has 0 aromatic heterocycles. The first-order valence-electron chi connectivity index (χ1n) is 7.81. The Balaban J connectivity index is 2.55. The molecule has 1 N–H and O–H groups in total. The number of rotatable bonds is 7. The monoisotopic (exact) mass is 284 g/mol. The van der Waals surface area contributed by atoms with Gasteiger partial charge in [0.1, 0.15) is 0 Å². The Hall–Kier alpha value is -1.06. The lowest BCUT2D eigenvalue weighted by molar-refractivity contribution is -0.158. The Kier molecular flexibility index (Phi) is 7.03. The SMILES string of the molecule is CC(C)COC(=O)[C@@H](C)[C@@H](CC1CCCCC1)C(=O)O. The molecule has 2 atom stereocenters. The third-order valence-corrected chi connectivity index (χ3v) is 4.16. The quantitative estimate of drug-likeness (QED) is 0.727. The lowest BCUT2D eigenvalue weighted by atomic mass is 9.79. The van der Waals surface area contributed by atoms with Gasteiger partial charge in [0, 0.05) is 0 Å². The van der Waals surface area contributed by atoms with E-state index in [0.717, 1.165) is 12.8 Å². The second kappa shape index (κ2) is 8.28. The molecule has 0 radical (unpaired) electrons. The summed E-state index contributed by atoms with van der Waals surface area (Å²) < 4.78 is 5.18. The van der Waals surface area contributed by atoms with Crippen molar-refractivity contribution in [2.45, 2.75) is 59.3 Å². The fraction of sp³-hybridized carbons (Fsp3) is 0.875. The molecule has 116 valence electrons. The summed E-state index contributed by atoms with van der Waals surface area (Å²) in [6.07, 6.45) is 6.41.